The van der Waals surface area contributed by atoms with Gasteiger partial charge in [0.15, 0.2) is 5.43 Å². The number of ether oxygens (including phenoxy) is 1. The first-order valence-corrected chi connectivity index (χ1v) is 7.97. The number of alkyl halides is 3. The first kappa shape index (κ1) is 18.5. The average molecular weight is 376 g/mol. The smallest absolute Gasteiger partial charge is 0.416 e. The number of anilines is 1. The van der Waals surface area contributed by atoms with Crippen LogP contribution in [0.2, 0.25) is 0 Å². The van der Waals surface area contributed by atoms with Gasteiger partial charge in [-0.15, -0.1) is 0 Å². The predicted octanol–water partition coefficient (Wildman–Crippen LogP) is 4.60. The van der Waals surface area contributed by atoms with Gasteiger partial charge in [-0.2, -0.15) is 13.2 Å². The zero-order chi connectivity index (χ0) is 19.6. The molecule has 2 N–H and O–H groups in total. The summed E-state index contributed by atoms with van der Waals surface area (Å²) >= 11 is 0. The van der Waals surface area contributed by atoms with Crippen molar-refractivity contribution in [1.29, 1.82) is 0 Å². The lowest BCUT2D eigenvalue weighted by Crippen LogP contribution is -2.17. The Balaban J connectivity index is 1.72. The van der Waals surface area contributed by atoms with Crippen LogP contribution in [0.3, 0.4) is 0 Å². The van der Waals surface area contributed by atoms with Gasteiger partial charge < -0.3 is 9.72 Å². The van der Waals surface area contributed by atoms with Crippen molar-refractivity contribution in [2.24, 2.45) is 0 Å². The maximum absolute atomic E-state index is 12.7. The Labute approximate surface area is 151 Å². The molecule has 1 heterocycles. The van der Waals surface area contributed by atoms with Gasteiger partial charge in [0.2, 0.25) is 0 Å². The van der Waals surface area contributed by atoms with Crippen LogP contribution in [-0.4, -0.2) is 11.1 Å². The Morgan fingerprint density at radius 2 is 1.89 bits per heavy atom. The van der Waals surface area contributed by atoms with E-state index in [9.17, 15) is 22.8 Å². The number of rotatable bonds is 3. The van der Waals surface area contributed by atoms with Gasteiger partial charge in [-0.3, -0.25) is 10.1 Å². The van der Waals surface area contributed by atoms with Crippen LogP contribution in [0.4, 0.5) is 23.7 Å². The SMILES string of the molecule is Cc1c(COC(=O)Nc2cccc(C(F)(F)F)c2)[nH]c2ccccc2c1=O. The molecule has 0 saturated carbocycles. The molecule has 0 fully saturated rings. The zero-order valence-electron chi connectivity index (χ0n) is 14.2. The molecule has 0 aliphatic heterocycles. The van der Waals surface area contributed by atoms with Crippen molar-refractivity contribution in [2.75, 3.05) is 5.32 Å². The van der Waals surface area contributed by atoms with E-state index in [4.69, 9.17) is 4.74 Å². The molecule has 5 nitrogen and oxygen atoms in total. The van der Waals surface area contributed by atoms with E-state index in [0.29, 0.717) is 22.2 Å². The molecule has 3 aromatic rings. The molecule has 0 unspecified atom stereocenters. The van der Waals surface area contributed by atoms with Crippen molar-refractivity contribution in [2.45, 2.75) is 19.7 Å². The van der Waals surface area contributed by atoms with Crippen molar-refractivity contribution in [3.8, 4) is 0 Å². The van der Waals surface area contributed by atoms with E-state index in [0.717, 1.165) is 12.1 Å². The van der Waals surface area contributed by atoms with Gasteiger partial charge >= 0.3 is 12.3 Å². The lowest BCUT2D eigenvalue weighted by Gasteiger charge is -2.11. The number of carbonyl (C=O) groups is 1. The minimum atomic E-state index is -4.51. The lowest BCUT2D eigenvalue weighted by molar-refractivity contribution is -0.137. The van der Waals surface area contributed by atoms with Crippen LogP contribution in [0.5, 0.6) is 0 Å². The highest BCUT2D eigenvalue weighted by Gasteiger charge is 2.30. The summed E-state index contributed by atoms with van der Waals surface area (Å²) in [6.45, 7) is 1.38. The second-order valence-corrected chi connectivity index (χ2v) is 5.88. The third-order valence-corrected chi connectivity index (χ3v) is 4.03. The van der Waals surface area contributed by atoms with Crippen molar-refractivity contribution < 1.29 is 22.7 Å². The Hall–Kier alpha value is -3.29. The number of carbonyl (C=O) groups excluding carboxylic acids is 1. The molecule has 1 amide bonds. The van der Waals surface area contributed by atoms with Gasteiger partial charge in [0.25, 0.3) is 0 Å². The van der Waals surface area contributed by atoms with Crippen LogP contribution >= 0.6 is 0 Å². The second-order valence-electron chi connectivity index (χ2n) is 5.88. The minimum Gasteiger partial charge on any atom is -0.443 e. The Kier molecular flexibility index (Phi) is 4.89. The van der Waals surface area contributed by atoms with Crippen LogP contribution in [0.25, 0.3) is 10.9 Å². The fourth-order valence-electron chi connectivity index (χ4n) is 2.59. The molecule has 8 heteroatoms. The van der Waals surface area contributed by atoms with Gasteiger partial charge in [-0.1, -0.05) is 18.2 Å². The van der Waals surface area contributed by atoms with E-state index >= 15 is 0 Å². The number of para-hydroxylation sites is 1. The maximum Gasteiger partial charge on any atom is 0.416 e. The van der Waals surface area contributed by atoms with Gasteiger partial charge in [0.05, 0.1) is 11.3 Å². The molecule has 2 aromatic carbocycles. The van der Waals surface area contributed by atoms with Gasteiger partial charge in [0.1, 0.15) is 6.61 Å². The fourth-order valence-corrected chi connectivity index (χ4v) is 2.59. The van der Waals surface area contributed by atoms with E-state index in [1.165, 1.54) is 12.1 Å². The summed E-state index contributed by atoms with van der Waals surface area (Å²) in [5.41, 5.74) is 0.318. The first-order chi connectivity index (χ1) is 12.8. The number of fused-ring (bicyclic) bond motifs is 1. The van der Waals surface area contributed by atoms with Crippen molar-refractivity contribution in [3.63, 3.8) is 0 Å². The monoisotopic (exact) mass is 376 g/mol. The van der Waals surface area contributed by atoms with Crippen LogP contribution < -0.4 is 10.7 Å². The quantitative estimate of drug-likeness (QED) is 0.702. The van der Waals surface area contributed by atoms with Crippen LogP contribution in [-0.2, 0) is 17.5 Å². The highest BCUT2D eigenvalue weighted by Crippen LogP contribution is 2.30. The van der Waals surface area contributed by atoms with E-state index in [-0.39, 0.29) is 17.7 Å². The Bertz CT molecular complexity index is 1060. The zero-order valence-corrected chi connectivity index (χ0v) is 14.2. The molecule has 140 valence electrons. The van der Waals surface area contributed by atoms with Crippen LogP contribution in [0, 0.1) is 6.92 Å². The Morgan fingerprint density at radius 3 is 2.63 bits per heavy atom. The topological polar surface area (TPSA) is 71.2 Å². The molecular weight excluding hydrogens is 361 g/mol. The third-order valence-electron chi connectivity index (χ3n) is 4.03. The number of benzene rings is 2. The predicted molar refractivity (Wildman–Crippen MR) is 94.6 cm³/mol. The molecule has 0 spiro atoms. The summed E-state index contributed by atoms with van der Waals surface area (Å²) in [4.78, 5) is 27.3. The van der Waals surface area contributed by atoms with E-state index in [2.05, 4.69) is 10.3 Å². The summed E-state index contributed by atoms with van der Waals surface area (Å²) in [7, 11) is 0. The van der Waals surface area contributed by atoms with E-state index in [1.54, 1.807) is 31.2 Å². The Morgan fingerprint density at radius 1 is 1.15 bits per heavy atom. The number of nitrogens with one attached hydrogen (secondary N) is 2. The molecule has 27 heavy (non-hydrogen) atoms. The third kappa shape index (κ3) is 4.11. The van der Waals surface area contributed by atoms with Crippen molar-refractivity contribution >= 4 is 22.7 Å². The number of halogens is 3. The lowest BCUT2D eigenvalue weighted by atomic mass is 10.1. The highest BCUT2D eigenvalue weighted by molar-refractivity contribution is 5.84. The second kappa shape index (κ2) is 7.14. The first-order valence-electron chi connectivity index (χ1n) is 7.97. The molecular formula is C19H15F3N2O3. The molecule has 0 bridgehead atoms. The molecule has 0 aliphatic carbocycles. The maximum atomic E-state index is 12.7. The molecule has 1 aromatic heterocycles. The number of hydrogen-bond acceptors (Lipinski definition) is 3. The molecule has 0 aliphatic rings. The summed E-state index contributed by atoms with van der Waals surface area (Å²) < 4.78 is 43.2. The molecule has 3 rings (SSSR count). The largest absolute Gasteiger partial charge is 0.443 e. The van der Waals surface area contributed by atoms with Gasteiger partial charge in [-0.05, 0) is 37.3 Å². The number of hydrogen-bond donors (Lipinski definition) is 2. The van der Waals surface area contributed by atoms with Crippen molar-refractivity contribution in [3.05, 3.63) is 75.6 Å². The molecule has 0 radical (unpaired) electrons. The summed E-state index contributed by atoms with van der Waals surface area (Å²) in [6, 6.07) is 11.1. The fraction of sp³-hybridized carbons (Fsp3) is 0.158. The number of amides is 1. The molecule has 0 saturated heterocycles. The van der Waals surface area contributed by atoms with E-state index in [1.807, 2.05) is 0 Å². The average Bonchev–Trinajstić information content (AvgIpc) is 2.63. The van der Waals surface area contributed by atoms with Crippen molar-refractivity contribution in [1.82, 2.24) is 4.98 Å². The summed E-state index contributed by atoms with van der Waals surface area (Å²) in [5.74, 6) is 0. The van der Waals surface area contributed by atoms with Crippen LogP contribution in [0.15, 0.2) is 53.3 Å². The van der Waals surface area contributed by atoms with Crippen LogP contribution in [0.1, 0.15) is 16.8 Å². The highest BCUT2D eigenvalue weighted by atomic mass is 19.4. The number of H-pyrrole nitrogens is 1. The number of pyridine rings is 1. The van der Waals surface area contributed by atoms with Gasteiger partial charge in [0, 0.05) is 22.2 Å². The molecule has 0 atom stereocenters. The number of aromatic amines is 1. The standard InChI is InChI=1S/C19H15F3N2O3/c1-11-16(24-15-8-3-2-7-14(15)17(11)25)10-27-18(26)23-13-6-4-5-12(9-13)19(20,21)22/h2-9H,10H2,1H3,(H,23,26)(H,24,25). The summed E-state index contributed by atoms with van der Waals surface area (Å²) in [6.07, 6.45) is -5.44. The number of aromatic nitrogens is 1. The minimum absolute atomic E-state index is 0.0430. The van der Waals surface area contributed by atoms with Gasteiger partial charge in [-0.25, -0.2) is 4.79 Å². The normalized spacial score (nSPS) is 11.4. The van der Waals surface area contributed by atoms with E-state index < -0.39 is 17.8 Å². The summed E-state index contributed by atoms with van der Waals surface area (Å²) in [5, 5.41) is 2.76.